The maximum absolute atomic E-state index is 12.6. The van der Waals surface area contributed by atoms with Crippen LogP contribution in [0.1, 0.15) is 16.1 Å². The van der Waals surface area contributed by atoms with Crippen molar-refractivity contribution in [3.63, 3.8) is 0 Å². The zero-order chi connectivity index (χ0) is 18.6. The molecule has 1 amide bonds. The van der Waals surface area contributed by atoms with Crippen LogP contribution in [0.25, 0.3) is 0 Å². The van der Waals surface area contributed by atoms with Crippen molar-refractivity contribution < 1.29 is 27.2 Å². The van der Waals surface area contributed by atoms with E-state index >= 15 is 0 Å². The van der Waals surface area contributed by atoms with Gasteiger partial charge in [-0.2, -0.15) is 0 Å². The van der Waals surface area contributed by atoms with Crippen LogP contribution >= 0.6 is 0 Å². The summed E-state index contributed by atoms with van der Waals surface area (Å²) in [6, 6.07) is 11.5. The SMILES string of the molecule is O=C(OCC(=O)N(Cc1ccccc1)[C@@H]1C=CS(=O)(=O)C1)c1ccco1. The summed E-state index contributed by atoms with van der Waals surface area (Å²) in [6.45, 7) is -0.292. The van der Waals surface area contributed by atoms with Gasteiger partial charge in [0.05, 0.1) is 18.1 Å². The lowest BCUT2D eigenvalue weighted by Crippen LogP contribution is -2.42. The first-order chi connectivity index (χ1) is 12.4. The topological polar surface area (TPSA) is 93.9 Å². The van der Waals surface area contributed by atoms with Crippen LogP contribution in [-0.4, -0.2) is 43.6 Å². The molecule has 7 nitrogen and oxygen atoms in total. The Morgan fingerprint density at radius 3 is 2.54 bits per heavy atom. The molecule has 0 aliphatic carbocycles. The van der Waals surface area contributed by atoms with Gasteiger partial charge in [-0.1, -0.05) is 30.3 Å². The Kier molecular flexibility index (Phi) is 5.22. The van der Waals surface area contributed by atoms with E-state index in [4.69, 9.17) is 9.15 Å². The molecule has 0 bridgehead atoms. The van der Waals surface area contributed by atoms with Crippen molar-refractivity contribution in [2.45, 2.75) is 12.6 Å². The van der Waals surface area contributed by atoms with Gasteiger partial charge in [-0.15, -0.1) is 0 Å². The quantitative estimate of drug-likeness (QED) is 0.715. The standard InChI is InChI=1S/C18H17NO6S/c20-17(12-25-18(21)16-7-4-9-24-16)19(11-14-5-2-1-3-6-14)15-8-10-26(22,23)13-15/h1-10,15H,11-13H2/t15-/m1/s1. The molecule has 0 saturated heterocycles. The zero-order valence-corrected chi connectivity index (χ0v) is 14.6. The van der Waals surface area contributed by atoms with Crippen LogP contribution in [0.3, 0.4) is 0 Å². The number of hydrogen-bond donors (Lipinski definition) is 0. The van der Waals surface area contributed by atoms with Crippen LogP contribution < -0.4 is 0 Å². The first-order valence-corrected chi connectivity index (χ1v) is 9.61. The van der Waals surface area contributed by atoms with Crippen LogP contribution in [-0.2, 0) is 25.9 Å². The number of esters is 1. The van der Waals surface area contributed by atoms with Crippen molar-refractivity contribution in [3.8, 4) is 0 Å². The van der Waals surface area contributed by atoms with E-state index < -0.39 is 34.4 Å². The van der Waals surface area contributed by atoms with E-state index in [0.29, 0.717) is 0 Å². The number of rotatable bonds is 6. The molecule has 2 heterocycles. The highest BCUT2D eigenvalue weighted by Gasteiger charge is 2.31. The minimum atomic E-state index is -3.33. The highest BCUT2D eigenvalue weighted by molar-refractivity contribution is 7.94. The molecule has 0 N–H and O–H groups in total. The molecule has 0 fully saturated rings. The van der Waals surface area contributed by atoms with Crippen molar-refractivity contribution in [2.75, 3.05) is 12.4 Å². The number of nitrogens with zero attached hydrogens (tertiary/aromatic N) is 1. The molecule has 2 aromatic rings. The molecule has 0 spiro atoms. The molecule has 8 heteroatoms. The highest BCUT2D eigenvalue weighted by Crippen LogP contribution is 2.18. The molecular weight excluding hydrogens is 358 g/mol. The number of carbonyl (C=O) groups excluding carboxylic acids is 2. The number of furan rings is 1. The Morgan fingerprint density at radius 1 is 1.15 bits per heavy atom. The minimum Gasteiger partial charge on any atom is -0.457 e. The molecule has 0 saturated carbocycles. The van der Waals surface area contributed by atoms with E-state index in [9.17, 15) is 18.0 Å². The molecule has 1 aromatic carbocycles. The number of carbonyl (C=O) groups is 2. The number of hydrogen-bond acceptors (Lipinski definition) is 6. The molecule has 26 heavy (non-hydrogen) atoms. The molecule has 136 valence electrons. The van der Waals surface area contributed by atoms with Crippen LogP contribution in [0.2, 0.25) is 0 Å². The van der Waals surface area contributed by atoms with Gasteiger partial charge in [0.2, 0.25) is 5.76 Å². The number of amides is 1. The molecule has 1 atom stereocenters. The third-order valence-corrected chi connectivity index (χ3v) is 5.25. The minimum absolute atomic E-state index is 0.00394. The Hall–Kier alpha value is -2.87. The maximum Gasteiger partial charge on any atom is 0.374 e. The zero-order valence-electron chi connectivity index (χ0n) is 13.8. The van der Waals surface area contributed by atoms with Crippen LogP contribution in [0.5, 0.6) is 0 Å². The van der Waals surface area contributed by atoms with Crippen LogP contribution in [0, 0.1) is 0 Å². The van der Waals surface area contributed by atoms with Gasteiger partial charge in [-0.3, -0.25) is 4.79 Å². The van der Waals surface area contributed by atoms with Crippen LogP contribution in [0.4, 0.5) is 0 Å². The smallest absolute Gasteiger partial charge is 0.374 e. The second kappa shape index (κ2) is 7.57. The number of ether oxygens (including phenoxy) is 1. The Balaban J connectivity index is 1.71. The van der Waals surface area contributed by atoms with Crippen molar-refractivity contribution >= 4 is 21.7 Å². The molecule has 1 aliphatic rings. The molecule has 1 aliphatic heterocycles. The monoisotopic (exact) mass is 375 g/mol. The van der Waals surface area contributed by atoms with E-state index in [0.717, 1.165) is 11.0 Å². The van der Waals surface area contributed by atoms with Gasteiger partial charge < -0.3 is 14.1 Å². The van der Waals surface area contributed by atoms with Gasteiger partial charge in [0.25, 0.3) is 5.91 Å². The highest BCUT2D eigenvalue weighted by atomic mass is 32.2. The lowest BCUT2D eigenvalue weighted by atomic mass is 10.2. The Bertz CT molecular complexity index is 902. The van der Waals surface area contributed by atoms with Gasteiger partial charge in [0, 0.05) is 12.0 Å². The summed E-state index contributed by atoms with van der Waals surface area (Å²) in [5.74, 6) is -1.42. The van der Waals surface area contributed by atoms with Crippen molar-refractivity contribution in [3.05, 3.63) is 71.5 Å². The maximum atomic E-state index is 12.6. The molecule has 3 rings (SSSR count). The van der Waals surface area contributed by atoms with Crippen molar-refractivity contribution in [1.82, 2.24) is 4.90 Å². The first kappa shape index (κ1) is 17.9. The summed E-state index contributed by atoms with van der Waals surface area (Å²) in [5, 5.41) is 1.11. The fraction of sp³-hybridized carbons (Fsp3) is 0.222. The number of sulfone groups is 1. The van der Waals surface area contributed by atoms with Gasteiger partial charge in [0.1, 0.15) is 0 Å². The Morgan fingerprint density at radius 2 is 1.92 bits per heavy atom. The van der Waals surface area contributed by atoms with E-state index in [2.05, 4.69) is 0 Å². The average molecular weight is 375 g/mol. The first-order valence-electron chi connectivity index (χ1n) is 7.89. The van der Waals surface area contributed by atoms with E-state index in [1.807, 2.05) is 30.3 Å². The summed E-state index contributed by atoms with van der Waals surface area (Å²) in [4.78, 5) is 25.8. The third kappa shape index (κ3) is 4.40. The second-order valence-electron chi connectivity index (χ2n) is 5.79. The molecule has 0 radical (unpaired) electrons. The van der Waals surface area contributed by atoms with E-state index in [1.165, 1.54) is 29.4 Å². The summed E-state index contributed by atoms with van der Waals surface area (Å²) >= 11 is 0. The fourth-order valence-electron chi connectivity index (χ4n) is 2.60. The fourth-order valence-corrected chi connectivity index (χ4v) is 3.90. The lowest BCUT2D eigenvalue weighted by Gasteiger charge is -2.27. The summed E-state index contributed by atoms with van der Waals surface area (Å²) in [5.41, 5.74) is 0.843. The molecule has 1 aromatic heterocycles. The van der Waals surface area contributed by atoms with Gasteiger partial charge in [-0.25, -0.2) is 13.2 Å². The van der Waals surface area contributed by atoms with Crippen LogP contribution in [0.15, 0.2) is 64.6 Å². The predicted octanol–water partition coefficient (Wildman–Crippen LogP) is 1.78. The van der Waals surface area contributed by atoms with Crippen molar-refractivity contribution in [1.29, 1.82) is 0 Å². The van der Waals surface area contributed by atoms with E-state index in [1.54, 1.807) is 0 Å². The molecule has 0 unspecified atom stereocenters. The van der Waals surface area contributed by atoms with Gasteiger partial charge >= 0.3 is 5.97 Å². The Labute approximate surface area is 150 Å². The predicted molar refractivity (Wildman–Crippen MR) is 92.7 cm³/mol. The summed E-state index contributed by atoms with van der Waals surface area (Å²) in [6.07, 6.45) is 2.80. The normalized spacial score (nSPS) is 17.8. The van der Waals surface area contributed by atoms with Crippen molar-refractivity contribution in [2.24, 2.45) is 0 Å². The van der Waals surface area contributed by atoms with Gasteiger partial charge in [-0.05, 0) is 23.8 Å². The third-order valence-electron chi connectivity index (χ3n) is 3.88. The second-order valence-corrected chi connectivity index (χ2v) is 7.72. The van der Waals surface area contributed by atoms with E-state index in [-0.39, 0.29) is 18.1 Å². The number of benzene rings is 1. The lowest BCUT2D eigenvalue weighted by molar-refractivity contribution is -0.136. The molecular formula is C18H17NO6S. The average Bonchev–Trinajstić information content (AvgIpc) is 3.28. The summed E-state index contributed by atoms with van der Waals surface area (Å²) in [7, 11) is -3.33. The largest absolute Gasteiger partial charge is 0.457 e. The summed E-state index contributed by atoms with van der Waals surface area (Å²) < 4.78 is 33.3. The van der Waals surface area contributed by atoms with Gasteiger partial charge in [0.15, 0.2) is 16.4 Å².